The number of nitrogens with zero attached hydrogens (tertiary/aromatic N) is 1. The summed E-state index contributed by atoms with van der Waals surface area (Å²) in [7, 11) is 0. The maximum Gasteiger partial charge on any atom is 0.407 e. The number of likely N-dealkylation sites (tertiary alicyclic amines) is 1. The molecule has 1 heterocycles. The van der Waals surface area contributed by atoms with Crippen molar-refractivity contribution in [3.63, 3.8) is 0 Å². The largest absolute Gasteiger partial charge is 0.481 e. The summed E-state index contributed by atoms with van der Waals surface area (Å²) in [4.78, 5) is 34.0. The molecule has 2 unspecified atom stereocenters. The molecule has 1 rings (SSSR count). The fraction of sp³-hybridized carbons (Fsp3) is 0.667. The molecule has 0 aromatic carbocycles. The van der Waals surface area contributed by atoms with Crippen molar-refractivity contribution in [2.45, 2.75) is 13.3 Å². The van der Waals surface area contributed by atoms with E-state index < -0.39 is 29.7 Å². The lowest BCUT2D eigenvalue weighted by molar-refractivity contribution is -0.147. The molecule has 1 fully saturated rings. The van der Waals surface area contributed by atoms with Gasteiger partial charge >= 0.3 is 12.1 Å². The molecule has 6 nitrogen and oxygen atoms in total. The van der Waals surface area contributed by atoms with Crippen molar-refractivity contribution in [1.29, 1.82) is 0 Å². The van der Waals surface area contributed by atoms with Crippen molar-refractivity contribution in [3.05, 3.63) is 0 Å². The third-order valence-corrected chi connectivity index (χ3v) is 2.59. The Bertz CT molecular complexity index is 301. The molecule has 0 aromatic rings. The van der Waals surface area contributed by atoms with Gasteiger partial charge in [-0.05, 0) is 5.92 Å². The van der Waals surface area contributed by atoms with E-state index in [4.69, 9.17) is 10.2 Å². The van der Waals surface area contributed by atoms with Crippen molar-refractivity contribution >= 4 is 17.8 Å². The molecule has 0 aliphatic carbocycles. The van der Waals surface area contributed by atoms with Crippen LogP contribution in [0.1, 0.15) is 13.3 Å². The average Bonchev–Trinajstić information content (AvgIpc) is 2.24. The van der Waals surface area contributed by atoms with E-state index in [9.17, 15) is 14.4 Å². The van der Waals surface area contributed by atoms with E-state index in [1.165, 1.54) is 0 Å². The number of carbonyl (C=O) groups excluding carboxylic acids is 1. The quantitative estimate of drug-likeness (QED) is 0.612. The number of rotatable bonds is 1. The first kappa shape index (κ1) is 11.5. The molecule has 2 atom stereocenters. The van der Waals surface area contributed by atoms with Gasteiger partial charge in [0.25, 0.3) is 0 Å². The monoisotopic (exact) mass is 215 g/mol. The van der Waals surface area contributed by atoms with Gasteiger partial charge in [0.2, 0.25) is 0 Å². The molecule has 1 saturated heterocycles. The van der Waals surface area contributed by atoms with Gasteiger partial charge in [-0.15, -0.1) is 0 Å². The zero-order chi connectivity index (χ0) is 11.6. The first-order valence-corrected chi connectivity index (χ1v) is 4.67. The number of hydrogen-bond acceptors (Lipinski definition) is 3. The Labute approximate surface area is 86.5 Å². The third kappa shape index (κ3) is 2.45. The summed E-state index contributed by atoms with van der Waals surface area (Å²) in [6.07, 6.45) is -1.13. The topological polar surface area (TPSA) is 94.9 Å². The lowest BCUT2D eigenvalue weighted by Gasteiger charge is -2.20. The Morgan fingerprint density at radius 1 is 1.40 bits per heavy atom. The van der Waals surface area contributed by atoms with E-state index in [-0.39, 0.29) is 19.5 Å². The van der Waals surface area contributed by atoms with Crippen LogP contribution in [0.15, 0.2) is 0 Å². The van der Waals surface area contributed by atoms with Gasteiger partial charge in [-0.2, -0.15) is 0 Å². The highest BCUT2D eigenvalue weighted by molar-refractivity contribution is 5.99. The van der Waals surface area contributed by atoms with Crippen LogP contribution in [-0.2, 0) is 9.59 Å². The number of carboxylic acids is 1. The minimum Gasteiger partial charge on any atom is -0.481 e. The molecule has 0 saturated carbocycles. The first-order valence-electron chi connectivity index (χ1n) is 4.67. The molecule has 1 aliphatic heterocycles. The van der Waals surface area contributed by atoms with E-state index in [0.29, 0.717) is 0 Å². The predicted octanol–water partition coefficient (Wildman–Crippen LogP) is 0.276. The van der Waals surface area contributed by atoms with Gasteiger partial charge < -0.3 is 15.1 Å². The Morgan fingerprint density at radius 3 is 2.47 bits per heavy atom. The van der Waals surface area contributed by atoms with E-state index >= 15 is 0 Å². The van der Waals surface area contributed by atoms with E-state index in [0.717, 1.165) is 4.90 Å². The number of hydrogen-bond donors (Lipinski definition) is 2. The van der Waals surface area contributed by atoms with E-state index in [2.05, 4.69) is 0 Å². The van der Waals surface area contributed by atoms with Crippen molar-refractivity contribution in [3.8, 4) is 0 Å². The zero-order valence-electron chi connectivity index (χ0n) is 8.34. The van der Waals surface area contributed by atoms with Crippen LogP contribution in [0.25, 0.3) is 0 Å². The maximum absolute atomic E-state index is 11.4. The summed E-state index contributed by atoms with van der Waals surface area (Å²) in [6.45, 7) is 1.76. The Balaban J connectivity index is 2.83. The highest BCUT2D eigenvalue weighted by atomic mass is 16.4. The Morgan fingerprint density at radius 2 is 2.00 bits per heavy atom. The molecule has 2 N–H and O–H groups in total. The number of ketones is 1. The van der Waals surface area contributed by atoms with Gasteiger partial charge in [0, 0.05) is 19.5 Å². The number of Topliss-reactive ketones (excluding diaryl/α,β-unsaturated/α-hetero) is 1. The number of aliphatic carboxylic acids is 1. The summed E-state index contributed by atoms with van der Waals surface area (Å²) in [5.74, 6) is -3.11. The molecule has 0 bridgehead atoms. The Hall–Kier alpha value is -1.59. The average molecular weight is 215 g/mol. The molecular weight excluding hydrogens is 202 g/mol. The van der Waals surface area contributed by atoms with Crippen LogP contribution in [0.4, 0.5) is 4.79 Å². The molecule has 1 amide bonds. The second-order valence-electron chi connectivity index (χ2n) is 3.74. The van der Waals surface area contributed by atoms with Gasteiger partial charge in [-0.25, -0.2) is 4.79 Å². The van der Waals surface area contributed by atoms with E-state index in [1.807, 2.05) is 0 Å². The summed E-state index contributed by atoms with van der Waals surface area (Å²) < 4.78 is 0. The third-order valence-electron chi connectivity index (χ3n) is 2.59. The van der Waals surface area contributed by atoms with Crippen molar-refractivity contribution in [2.24, 2.45) is 11.8 Å². The number of carbonyl (C=O) groups is 3. The fourth-order valence-electron chi connectivity index (χ4n) is 1.82. The summed E-state index contributed by atoms with van der Waals surface area (Å²) in [5, 5.41) is 17.6. The van der Waals surface area contributed by atoms with Crippen LogP contribution in [0.2, 0.25) is 0 Å². The van der Waals surface area contributed by atoms with Gasteiger partial charge in [0.1, 0.15) is 11.7 Å². The lowest BCUT2D eigenvalue weighted by Crippen LogP contribution is -2.35. The first-order chi connectivity index (χ1) is 6.93. The van der Waals surface area contributed by atoms with Crippen molar-refractivity contribution < 1.29 is 24.6 Å². The molecule has 0 aromatic heterocycles. The highest BCUT2D eigenvalue weighted by Gasteiger charge is 2.36. The SMILES string of the molecule is CC1CN(C(=O)O)CCC(=O)C1C(=O)O. The van der Waals surface area contributed by atoms with Gasteiger partial charge in [-0.1, -0.05) is 6.92 Å². The standard InChI is InChI=1S/C9H13NO5/c1-5-4-10(9(14)15)3-2-6(11)7(5)8(12)13/h5,7H,2-4H2,1H3,(H,12,13)(H,14,15). The highest BCUT2D eigenvalue weighted by Crippen LogP contribution is 2.20. The molecule has 0 spiro atoms. The molecule has 84 valence electrons. The maximum atomic E-state index is 11.4. The zero-order valence-corrected chi connectivity index (χ0v) is 8.34. The fourth-order valence-corrected chi connectivity index (χ4v) is 1.82. The van der Waals surface area contributed by atoms with Gasteiger partial charge in [-0.3, -0.25) is 9.59 Å². The van der Waals surface area contributed by atoms with Gasteiger partial charge in [0.15, 0.2) is 0 Å². The minimum absolute atomic E-state index is 0.0202. The summed E-state index contributed by atoms with van der Waals surface area (Å²) in [5.41, 5.74) is 0. The molecular formula is C9H13NO5. The number of amides is 1. The lowest BCUT2D eigenvalue weighted by atomic mass is 9.90. The molecule has 6 heteroatoms. The summed E-state index contributed by atoms with van der Waals surface area (Å²) in [6, 6.07) is 0. The minimum atomic E-state index is -1.17. The molecule has 1 aliphatic rings. The van der Waals surface area contributed by atoms with Crippen LogP contribution >= 0.6 is 0 Å². The Kier molecular flexibility index (Phi) is 3.28. The molecule has 15 heavy (non-hydrogen) atoms. The summed E-state index contributed by atoms with van der Waals surface area (Å²) >= 11 is 0. The van der Waals surface area contributed by atoms with Crippen LogP contribution < -0.4 is 0 Å². The number of carboxylic acid groups (broad SMARTS) is 2. The van der Waals surface area contributed by atoms with Crippen molar-refractivity contribution in [1.82, 2.24) is 4.90 Å². The second kappa shape index (κ2) is 4.29. The second-order valence-corrected chi connectivity index (χ2v) is 3.74. The van der Waals surface area contributed by atoms with Crippen LogP contribution in [-0.4, -0.2) is 46.0 Å². The normalized spacial score (nSPS) is 27.3. The van der Waals surface area contributed by atoms with Crippen LogP contribution in [0.5, 0.6) is 0 Å². The van der Waals surface area contributed by atoms with Crippen molar-refractivity contribution in [2.75, 3.05) is 13.1 Å². The van der Waals surface area contributed by atoms with Gasteiger partial charge in [0.05, 0.1) is 0 Å². The smallest absolute Gasteiger partial charge is 0.407 e. The van der Waals surface area contributed by atoms with Crippen LogP contribution in [0.3, 0.4) is 0 Å². The molecule has 0 radical (unpaired) electrons. The predicted molar refractivity (Wildman–Crippen MR) is 49.5 cm³/mol. The van der Waals surface area contributed by atoms with Crippen LogP contribution in [0, 0.1) is 11.8 Å². The van der Waals surface area contributed by atoms with E-state index in [1.54, 1.807) is 6.92 Å².